The van der Waals surface area contributed by atoms with Crippen molar-refractivity contribution in [2.45, 2.75) is 32.1 Å². The van der Waals surface area contributed by atoms with Crippen molar-refractivity contribution >= 4 is 28.9 Å². The third-order valence-corrected chi connectivity index (χ3v) is 7.45. The van der Waals surface area contributed by atoms with Crippen LogP contribution in [0.2, 0.25) is 5.02 Å². The summed E-state index contributed by atoms with van der Waals surface area (Å²) in [6.07, 6.45) is -1.60. The smallest absolute Gasteiger partial charge is 0.417 e. The van der Waals surface area contributed by atoms with Crippen molar-refractivity contribution < 1.29 is 22.4 Å². The fourth-order valence-electron chi connectivity index (χ4n) is 4.77. The molecule has 11 heteroatoms. The van der Waals surface area contributed by atoms with Gasteiger partial charge in [-0.3, -0.25) is 9.69 Å². The second kappa shape index (κ2) is 10.4. The average Bonchev–Trinajstić information content (AvgIpc) is 3.60. The summed E-state index contributed by atoms with van der Waals surface area (Å²) in [6.45, 7) is 5.25. The highest BCUT2D eigenvalue weighted by Crippen LogP contribution is 2.36. The molecule has 7 nitrogen and oxygen atoms in total. The lowest BCUT2D eigenvalue weighted by Crippen LogP contribution is -2.55. The monoisotopic (exact) mass is 557 g/mol. The van der Waals surface area contributed by atoms with E-state index in [0.29, 0.717) is 46.6 Å². The molecule has 2 aromatic heterocycles. The molecule has 1 saturated heterocycles. The second-order valence-corrected chi connectivity index (χ2v) is 10.2. The molecule has 2 aromatic carbocycles. The first-order valence-corrected chi connectivity index (χ1v) is 12.8. The van der Waals surface area contributed by atoms with Gasteiger partial charge >= 0.3 is 6.18 Å². The summed E-state index contributed by atoms with van der Waals surface area (Å²) in [5.41, 5.74) is 0.353. The number of rotatable bonds is 5. The maximum absolute atomic E-state index is 14.1. The Balaban J connectivity index is 1.41. The molecule has 1 amide bonds. The molecule has 2 atom stereocenters. The molecular weight excluding hydrogens is 531 g/mol. The third kappa shape index (κ3) is 5.53. The fraction of sp³-hybridized carbons (Fsp3) is 0.286. The van der Waals surface area contributed by atoms with E-state index in [9.17, 15) is 18.0 Å². The van der Waals surface area contributed by atoms with E-state index < -0.39 is 23.2 Å². The molecule has 5 rings (SSSR count). The first-order valence-electron chi connectivity index (χ1n) is 12.4. The van der Waals surface area contributed by atoms with Gasteiger partial charge in [0.1, 0.15) is 11.5 Å². The van der Waals surface area contributed by atoms with E-state index >= 15 is 0 Å². The Morgan fingerprint density at radius 1 is 1.13 bits per heavy atom. The zero-order valence-electron chi connectivity index (χ0n) is 21.5. The van der Waals surface area contributed by atoms with Gasteiger partial charge in [-0.05, 0) is 69.4 Å². The predicted octanol–water partition coefficient (Wildman–Crippen LogP) is 6.79. The predicted molar refractivity (Wildman–Crippen MR) is 145 cm³/mol. The minimum atomic E-state index is -4.71. The van der Waals surface area contributed by atoms with E-state index in [4.69, 9.17) is 16.0 Å². The van der Waals surface area contributed by atoms with Crippen LogP contribution in [0.25, 0.3) is 22.8 Å². The lowest BCUT2D eigenvalue weighted by atomic mass is 10.0. The summed E-state index contributed by atoms with van der Waals surface area (Å²) >= 11 is 6.37. The topological polar surface area (TPSA) is 77.4 Å². The van der Waals surface area contributed by atoms with Gasteiger partial charge in [-0.15, -0.1) is 0 Å². The molecule has 0 aliphatic carbocycles. The number of anilines is 2. The first-order chi connectivity index (χ1) is 18.5. The Morgan fingerprint density at radius 2 is 1.87 bits per heavy atom. The van der Waals surface area contributed by atoms with E-state index in [2.05, 4.69) is 20.2 Å². The van der Waals surface area contributed by atoms with Gasteiger partial charge in [0.25, 0.3) is 5.91 Å². The summed E-state index contributed by atoms with van der Waals surface area (Å²) in [5.74, 6) is 0.120. The molecule has 1 fully saturated rings. The van der Waals surface area contributed by atoms with Crippen LogP contribution in [0.4, 0.5) is 24.5 Å². The van der Waals surface area contributed by atoms with Crippen molar-refractivity contribution in [1.82, 2.24) is 14.9 Å². The Labute approximate surface area is 228 Å². The molecule has 0 saturated carbocycles. The highest BCUT2D eigenvalue weighted by molar-refractivity contribution is 6.33. The molecule has 204 valence electrons. The van der Waals surface area contributed by atoms with Gasteiger partial charge in [0.15, 0.2) is 5.76 Å². The van der Waals surface area contributed by atoms with E-state index in [-0.39, 0.29) is 17.8 Å². The number of furan rings is 1. The number of nitrogens with zero attached hydrogens (tertiary/aromatic N) is 3. The Kier molecular flexibility index (Phi) is 7.17. The standard InChI is InChI=1S/C28H27ClF3N5O2/c1-16-14-37(15-17(2)36(16)3)19-7-8-20(22(12-19)28(30,31)32)27(38)34-18-6-9-23(29)21(11-18)26-33-13-24(35-26)25-5-4-10-39-25/h4-13,16-17H,14-15H2,1-3H3,(H,33,35)(H,34,38)/t16-,17+. The van der Waals surface area contributed by atoms with Crippen LogP contribution in [0, 0.1) is 0 Å². The molecule has 0 radical (unpaired) electrons. The highest BCUT2D eigenvalue weighted by atomic mass is 35.5. The van der Waals surface area contributed by atoms with Crippen molar-refractivity contribution in [1.29, 1.82) is 0 Å². The van der Waals surface area contributed by atoms with Gasteiger partial charge in [0.05, 0.1) is 28.6 Å². The lowest BCUT2D eigenvalue weighted by molar-refractivity contribution is -0.137. The number of carbonyl (C=O) groups is 1. The van der Waals surface area contributed by atoms with E-state index in [1.165, 1.54) is 18.4 Å². The van der Waals surface area contributed by atoms with Crippen LogP contribution >= 0.6 is 11.6 Å². The summed E-state index contributed by atoms with van der Waals surface area (Å²) < 4.78 is 47.7. The molecule has 4 aromatic rings. The zero-order chi connectivity index (χ0) is 27.9. The van der Waals surface area contributed by atoms with Gasteiger partial charge in [-0.1, -0.05) is 11.6 Å². The van der Waals surface area contributed by atoms with Crippen LogP contribution in [0.15, 0.2) is 65.4 Å². The fourth-order valence-corrected chi connectivity index (χ4v) is 4.98. The van der Waals surface area contributed by atoms with Crippen molar-refractivity contribution in [3.63, 3.8) is 0 Å². The van der Waals surface area contributed by atoms with Crippen LogP contribution in [-0.4, -0.2) is 53.0 Å². The quantitative estimate of drug-likeness (QED) is 0.282. The summed E-state index contributed by atoms with van der Waals surface area (Å²) in [7, 11) is 2.01. The van der Waals surface area contributed by atoms with Gasteiger partial charge in [-0.25, -0.2) is 4.98 Å². The zero-order valence-corrected chi connectivity index (χ0v) is 22.3. The van der Waals surface area contributed by atoms with Crippen molar-refractivity contribution in [2.24, 2.45) is 0 Å². The Bertz CT molecular complexity index is 1470. The maximum atomic E-state index is 14.1. The lowest BCUT2D eigenvalue weighted by Gasteiger charge is -2.43. The van der Waals surface area contributed by atoms with Gasteiger partial charge in [-0.2, -0.15) is 13.2 Å². The molecule has 1 aliphatic heterocycles. The van der Waals surface area contributed by atoms with Gasteiger partial charge < -0.3 is 19.6 Å². The number of amides is 1. The number of carbonyl (C=O) groups excluding carboxylic acids is 1. The first kappa shape index (κ1) is 26.8. The number of imidazole rings is 1. The number of H-pyrrole nitrogens is 1. The second-order valence-electron chi connectivity index (χ2n) is 9.77. The molecule has 3 heterocycles. The largest absolute Gasteiger partial charge is 0.463 e. The molecule has 0 bridgehead atoms. The van der Waals surface area contributed by atoms with Crippen LogP contribution < -0.4 is 10.2 Å². The number of hydrogen-bond donors (Lipinski definition) is 2. The van der Waals surface area contributed by atoms with Gasteiger partial charge in [0, 0.05) is 42.1 Å². The maximum Gasteiger partial charge on any atom is 0.417 e. The number of benzene rings is 2. The molecule has 2 N–H and O–H groups in total. The average molecular weight is 558 g/mol. The minimum Gasteiger partial charge on any atom is -0.463 e. The number of piperazine rings is 1. The van der Waals surface area contributed by atoms with Crippen molar-refractivity contribution in [3.05, 3.63) is 77.1 Å². The van der Waals surface area contributed by atoms with Crippen molar-refractivity contribution in [3.8, 4) is 22.8 Å². The van der Waals surface area contributed by atoms with Crippen LogP contribution in [-0.2, 0) is 6.18 Å². The molecule has 0 unspecified atom stereocenters. The summed E-state index contributed by atoms with van der Waals surface area (Å²) in [4.78, 5) is 24.7. The van der Waals surface area contributed by atoms with Crippen molar-refractivity contribution in [2.75, 3.05) is 30.4 Å². The van der Waals surface area contributed by atoms with E-state index in [1.54, 1.807) is 36.5 Å². The molecule has 1 aliphatic rings. The Hall–Kier alpha value is -3.76. The number of aromatic nitrogens is 2. The summed E-state index contributed by atoms with van der Waals surface area (Å²) in [5, 5.41) is 2.93. The number of halogens is 4. The number of aromatic amines is 1. The molecule has 0 spiro atoms. The minimum absolute atomic E-state index is 0.175. The molecular formula is C28H27ClF3N5O2. The number of nitrogens with one attached hydrogen (secondary N) is 2. The van der Waals surface area contributed by atoms with E-state index in [0.717, 1.165) is 6.07 Å². The number of hydrogen-bond acceptors (Lipinski definition) is 5. The third-order valence-electron chi connectivity index (χ3n) is 7.12. The summed E-state index contributed by atoms with van der Waals surface area (Å²) in [6, 6.07) is 12.4. The van der Waals surface area contributed by atoms with Crippen LogP contribution in [0.3, 0.4) is 0 Å². The number of alkyl halides is 3. The van der Waals surface area contributed by atoms with Crippen LogP contribution in [0.1, 0.15) is 29.8 Å². The SMILES string of the molecule is C[C@@H]1CN(c2ccc(C(=O)Nc3ccc(Cl)c(-c4ncc(-c5ccco5)[nH]4)c3)c(C(F)(F)F)c2)C[C@H](C)N1C. The number of likely N-dealkylation sites (N-methyl/N-ethyl adjacent to an activating group) is 1. The Morgan fingerprint density at radius 3 is 2.54 bits per heavy atom. The highest BCUT2D eigenvalue weighted by Gasteiger charge is 2.37. The van der Waals surface area contributed by atoms with Gasteiger partial charge in [0.2, 0.25) is 0 Å². The van der Waals surface area contributed by atoms with Crippen LogP contribution in [0.5, 0.6) is 0 Å². The normalized spacial score (nSPS) is 18.4. The molecule has 39 heavy (non-hydrogen) atoms. The van der Waals surface area contributed by atoms with E-state index in [1.807, 2.05) is 25.8 Å².